The Labute approximate surface area is 139 Å². The highest BCUT2D eigenvalue weighted by Gasteiger charge is 2.25. The minimum atomic E-state index is 0.0919. The number of alkyl halides is 1. The molecule has 0 unspecified atom stereocenters. The van der Waals surface area contributed by atoms with Gasteiger partial charge in [0.2, 0.25) is 5.91 Å². The highest BCUT2D eigenvalue weighted by Crippen LogP contribution is 2.25. The Morgan fingerprint density at radius 2 is 2.24 bits per heavy atom. The Hall–Kier alpha value is -0.890. The summed E-state index contributed by atoms with van der Waals surface area (Å²) in [7, 11) is 0. The SMILES string of the molecule is CC(=O)N1Cc2cc(O[C@H]3CN[C@@H](C)C3)cnc2C1.CI. The van der Waals surface area contributed by atoms with Crippen molar-refractivity contribution in [2.75, 3.05) is 11.5 Å². The van der Waals surface area contributed by atoms with Crippen LogP contribution in [-0.4, -0.2) is 39.4 Å². The van der Waals surface area contributed by atoms with Crippen molar-refractivity contribution in [2.24, 2.45) is 0 Å². The molecule has 3 rings (SSSR count). The summed E-state index contributed by atoms with van der Waals surface area (Å²) < 4.78 is 5.94. The molecule has 6 heteroatoms. The Morgan fingerprint density at radius 3 is 2.86 bits per heavy atom. The molecule has 5 nitrogen and oxygen atoms in total. The van der Waals surface area contributed by atoms with Crippen LogP contribution in [0.4, 0.5) is 0 Å². The molecule has 2 aliphatic rings. The van der Waals surface area contributed by atoms with Crippen molar-refractivity contribution in [1.82, 2.24) is 15.2 Å². The summed E-state index contributed by atoms with van der Waals surface area (Å²) in [6.45, 7) is 5.91. The molecule has 0 aromatic carbocycles. The molecule has 1 amide bonds. The number of ether oxygens (including phenoxy) is 1. The van der Waals surface area contributed by atoms with Crippen LogP contribution >= 0.6 is 22.6 Å². The van der Waals surface area contributed by atoms with Crippen molar-refractivity contribution in [1.29, 1.82) is 0 Å². The number of hydrogen-bond acceptors (Lipinski definition) is 4. The van der Waals surface area contributed by atoms with E-state index >= 15 is 0 Å². The number of pyridine rings is 1. The summed E-state index contributed by atoms with van der Waals surface area (Å²) in [5, 5.41) is 3.37. The highest BCUT2D eigenvalue weighted by molar-refractivity contribution is 14.1. The van der Waals surface area contributed by atoms with Crippen molar-refractivity contribution in [2.45, 2.75) is 45.5 Å². The lowest BCUT2D eigenvalue weighted by Gasteiger charge is -2.13. The zero-order valence-corrected chi connectivity index (χ0v) is 14.9. The third-order valence-electron chi connectivity index (χ3n) is 3.80. The molecule has 116 valence electrons. The van der Waals surface area contributed by atoms with E-state index in [1.54, 1.807) is 18.0 Å². The molecule has 0 saturated carbocycles. The second-order valence-electron chi connectivity index (χ2n) is 5.44. The monoisotopic (exact) mass is 403 g/mol. The van der Waals surface area contributed by atoms with Crippen LogP contribution < -0.4 is 10.1 Å². The lowest BCUT2D eigenvalue weighted by Crippen LogP contribution is -2.21. The van der Waals surface area contributed by atoms with E-state index in [0.29, 0.717) is 19.1 Å². The van der Waals surface area contributed by atoms with E-state index < -0.39 is 0 Å². The van der Waals surface area contributed by atoms with Gasteiger partial charge >= 0.3 is 0 Å². The number of fused-ring (bicyclic) bond motifs is 1. The fourth-order valence-electron chi connectivity index (χ4n) is 2.70. The molecular weight excluding hydrogens is 381 g/mol. The van der Waals surface area contributed by atoms with Crippen molar-refractivity contribution in [3.05, 3.63) is 23.5 Å². The molecule has 1 N–H and O–H groups in total. The Kier molecular flexibility index (Phi) is 5.80. The molecule has 0 spiro atoms. The number of carbonyl (C=O) groups excluding carboxylic acids is 1. The normalized spacial score (nSPS) is 23.3. The topological polar surface area (TPSA) is 54.5 Å². The van der Waals surface area contributed by atoms with Gasteiger partial charge in [0.05, 0.1) is 18.4 Å². The van der Waals surface area contributed by atoms with Crippen LogP contribution in [-0.2, 0) is 17.9 Å². The van der Waals surface area contributed by atoms with Gasteiger partial charge in [-0.1, -0.05) is 22.6 Å². The van der Waals surface area contributed by atoms with Crippen molar-refractivity contribution in [3.63, 3.8) is 0 Å². The Bertz CT molecular complexity index is 510. The van der Waals surface area contributed by atoms with Gasteiger partial charge in [-0.3, -0.25) is 9.78 Å². The summed E-state index contributed by atoms with van der Waals surface area (Å²) >= 11 is 2.15. The molecule has 0 bridgehead atoms. The lowest BCUT2D eigenvalue weighted by atomic mass is 10.2. The maximum Gasteiger partial charge on any atom is 0.220 e. The Morgan fingerprint density at radius 1 is 1.48 bits per heavy atom. The zero-order chi connectivity index (χ0) is 15.4. The van der Waals surface area contributed by atoms with E-state index in [-0.39, 0.29) is 12.0 Å². The van der Waals surface area contributed by atoms with Gasteiger partial charge in [-0.2, -0.15) is 0 Å². The predicted molar refractivity (Wildman–Crippen MR) is 90.6 cm³/mol. The van der Waals surface area contributed by atoms with E-state index in [1.165, 1.54) is 0 Å². The van der Waals surface area contributed by atoms with Crippen molar-refractivity contribution in [3.8, 4) is 5.75 Å². The molecule has 1 fully saturated rings. The first kappa shape index (κ1) is 16.5. The molecule has 2 atom stereocenters. The maximum absolute atomic E-state index is 11.4. The van der Waals surface area contributed by atoms with Crippen LogP contribution in [0.3, 0.4) is 0 Å². The van der Waals surface area contributed by atoms with Crippen LogP contribution in [0.5, 0.6) is 5.75 Å². The molecule has 1 aromatic heterocycles. The van der Waals surface area contributed by atoms with E-state index in [2.05, 4.69) is 39.8 Å². The summed E-state index contributed by atoms with van der Waals surface area (Å²) in [5.74, 6) is 0.902. The van der Waals surface area contributed by atoms with Crippen LogP contribution in [0.25, 0.3) is 0 Å². The van der Waals surface area contributed by atoms with Gasteiger partial charge < -0.3 is 15.0 Å². The number of aromatic nitrogens is 1. The smallest absolute Gasteiger partial charge is 0.220 e. The fraction of sp³-hybridized carbons (Fsp3) is 0.600. The maximum atomic E-state index is 11.4. The first-order valence-corrected chi connectivity index (χ1v) is 9.28. The molecule has 1 aromatic rings. The molecular formula is C15H22IN3O2. The number of rotatable bonds is 2. The van der Waals surface area contributed by atoms with Gasteiger partial charge in [0.15, 0.2) is 0 Å². The van der Waals surface area contributed by atoms with Crippen LogP contribution in [0.2, 0.25) is 0 Å². The van der Waals surface area contributed by atoms with E-state index in [1.807, 2.05) is 11.0 Å². The quantitative estimate of drug-likeness (QED) is 0.607. The largest absolute Gasteiger partial charge is 0.487 e. The molecule has 2 aliphatic heterocycles. The highest BCUT2D eigenvalue weighted by atomic mass is 127. The third kappa shape index (κ3) is 4.06. The average Bonchev–Trinajstić information content (AvgIpc) is 3.07. The molecule has 0 aliphatic carbocycles. The molecule has 21 heavy (non-hydrogen) atoms. The first-order valence-electron chi connectivity index (χ1n) is 7.13. The number of halogens is 1. The minimum Gasteiger partial charge on any atom is -0.487 e. The van der Waals surface area contributed by atoms with Crippen LogP contribution in [0.1, 0.15) is 31.5 Å². The van der Waals surface area contributed by atoms with Crippen LogP contribution in [0, 0.1) is 0 Å². The summed E-state index contributed by atoms with van der Waals surface area (Å²) in [6.07, 6.45) is 3.02. The van der Waals surface area contributed by atoms with Gasteiger partial charge in [-0.15, -0.1) is 0 Å². The van der Waals surface area contributed by atoms with Gasteiger partial charge in [0.1, 0.15) is 11.9 Å². The molecule has 3 heterocycles. The van der Waals surface area contributed by atoms with E-state index in [9.17, 15) is 4.79 Å². The summed E-state index contributed by atoms with van der Waals surface area (Å²) in [6, 6.07) is 2.54. The van der Waals surface area contributed by atoms with Gasteiger partial charge in [0.25, 0.3) is 0 Å². The number of amides is 1. The van der Waals surface area contributed by atoms with Gasteiger partial charge in [-0.05, 0) is 23.5 Å². The number of nitrogens with zero attached hydrogens (tertiary/aromatic N) is 2. The predicted octanol–water partition coefficient (Wildman–Crippen LogP) is 2.12. The average molecular weight is 403 g/mol. The number of nitrogens with one attached hydrogen (secondary N) is 1. The van der Waals surface area contributed by atoms with Crippen molar-refractivity contribution >= 4 is 28.5 Å². The van der Waals surface area contributed by atoms with Gasteiger partial charge in [0, 0.05) is 32.5 Å². The van der Waals surface area contributed by atoms with Gasteiger partial charge in [-0.25, -0.2) is 0 Å². The molecule has 1 saturated heterocycles. The first-order chi connectivity index (χ1) is 10.1. The fourth-order valence-corrected chi connectivity index (χ4v) is 2.70. The minimum absolute atomic E-state index is 0.0919. The molecule has 0 radical (unpaired) electrons. The summed E-state index contributed by atoms with van der Waals surface area (Å²) in [4.78, 5) is 19.5. The Balaban J connectivity index is 0.000000774. The number of carbonyl (C=O) groups is 1. The summed E-state index contributed by atoms with van der Waals surface area (Å²) in [5.41, 5.74) is 2.09. The lowest BCUT2D eigenvalue weighted by molar-refractivity contribution is -0.129. The second kappa shape index (κ2) is 7.40. The van der Waals surface area contributed by atoms with Crippen molar-refractivity contribution < 1.29 is 9.53 Å². The van der Waals surface area contributed by atoms with E-state index in [4.69, 9.17) is 4.74 Å². The van der Waals surface area contributed by atoms with E-state index in [0.717, 1.165) is 30.0 Å². The number of hydrogen-bond donors (Lipinski definition) is 1. The second-order valence-corrected chi connectivity index (χ2v) is 5.44. The standard InChI is InChI=1S/C14H19N3O2.CH3I/c1-9-3-12(5-15-9)19-13-4-11-7-17(10(2)18)8-14(11)16-6-13;1-2/h4,6,9,12,15H,3,5,7-8H2,1-2H3;1H3/t9-,12+;/m0./s1. The van der Waals surface area contributed by atoms with Crippen LogP contribution in [0.15, 0.2) is 12.3 Å². The third-order valence-corrected chi connectivity index (χ3v) is 3.80. The zero-order valence-electron chi connectivity index (χ0n) is 12.7.